The van der Waals surface area contributed by atoms with Gasteiger partial charge < -0.3 is 14.8 Å². The Morgan fingerprint density at radius 2 is 1.86 bits per heavy atom. The predicted molar refractivity (Wildman–Crippen MR) is 82.1 cm³/mol. The van der Waals surface area contributed by atoms with Crippen LogP contribution in [-0.2, 0) is 0 Å². The fourth-order valence-electron chi connectivity index (χ4n) is 2.09. The lowest BCUT2D eigenvalue weighted by Gasteiger charge is -2.09. The van der Waals surface area contributed by atoms with E-state index in [0.29, 0.717) is 28.6 Å². The van der Waals surface area contributed by atoms with Crippen LogP contribution in [0.25, 0.3) is 10.9 Å². The number of nitrogens with zero attached hydrogens (tertiary/aromatic N) is 2. The predicted octanol–water partition coefficient (Wildman–Crippen LogP) is 3.61. The van der Waals surface area contributed by atoms with Crippen LogP contribution in [-0.4, -0.2) is 24.1 Å². The Morgan fingerprint density at radius 3 is 2.59 bits per heavy atom. The van der Waals surface area contributed by atoms with Gasteiger partial charge in [-0.05, 0) is 24.3 Å². The van der Waals surface area contributed by atoms with Crippen LogP contribution in [0.5, 0.6) is 17.4 Å². The molecule has 6 heteroatoms. The Labute approximate surface area is 126 Å². The summed E-state index contributed by atoms with van der Waals surface area (Å²) in [7, 11) is 3.25. The highest BCUT2D eigenvalue weighted by molar-refractivity contribution is 5.84. The van der Waals surface area contributed by atoms with Gasteiger partial charge in [0.2, 0.25) is 5.88 Å². The zero-order chi connectivity index (χ0) is 15.5. The van der Waals surface area contributed by atoms with Gasteiger partial charge in [-0.1, -0.05) is 0 Å². The number of rotatable bonds is 4. The molecule has 0 saturated heterocycles. The molecule has 0 saturated carbocycles. The molecule has 5 nitrogen and oxygen atoms in total. The van der Waals surface area contributed by atoms with Crippen molar-refractivity contribution in [3.05, 3.63) is 48.5 Å². The average Bonchev–Trinajstić information content (AvgIpc) is 2.55. The first kappa shape index (κ1) is 14.1. The lowest BCUT2D eigenvalue weighted by atomic mass is 10.2. The number of ether oxygens (including phenoxy) is 2. The van der Waals surface area contributed by atoms with E-state index in [-0.39, 0.29) is 5.82 Å². The topological polar surface area (TPSA) is 56.3 Å². The number of hydrogen-bond acceptors (Lipinski definition) is 5. The van der Waals surface area contributed by atoms with Crippen LogP contribution in [0.2, 0.25) is 0 Å². The number of hydrogen-bond donors (Lipinski definition) is 1. The fraction of sp³-hybridized carbons (Fsp3) is 0.125. The van der Waals surface area contributed by atoms with E-state index in [0.717, 1.165) is 5.39 Å². The van der Waals surface area contributed by atoms with Gasteiger partial charge in [-0.25, -0.2) is 14.4 Å². The number of halogens is 1. The standard InChI is InChI=1S/C16H14FN3O2/c1-18-14-6-4-11(7-13(14)17)22-16-12-5-3-10(21-2)8-15(12)19-9-20-16/h3-9,18H,1-2H3. The van der Waals surface area contributed by atoms with Gasteiger partial charge in [0.05, 0.1) is 23.7 Å². The molecule has 0 aliphatic heterocycles. The van der Waals surface area contributed by atoms with Gasteiger partial charge >= 0.3 is 0 Å². The molecule has 0 spiro atoms. The number of anilines is 1. The number of methoxy groups -OCH3 is 1. The van der Waals surface area contributed by atoms with Crippen LogP contribution in [0, 0.1) is 5.82 Å². The normalized spacial score (nSPS) is 10.5. The summed E-state index contributed by atoms with van der Waals surface area (Å²) in [5.41, 5.74) is 1.10. The molecule has 0 unspecified atom stereocenters. The first-order valence-electron chi connectivity index (χ1n) is 6.65. The summed E-state index contributed by atoms with van der Waals surface area (Å²) in [5.74, 6) is 1.04. The molecular weight excluding hydrogens is 285 g/mol. The largest absolute Gasteiger partial charge is 0.497 e. The van der Waals surface area contributed by atoms with Crippen molar-refractivity contribution in [1.29, 1.82) is 0 Å². The number of nitrogens with one attached hydrogen (secondary N) is 1. The average molecular weight is 299 g/mol. The summed E-state index contributed by atoms with van der Waals surface area (Å²) >= 11 is 0. The molecule has 0 bridgehead atoms. The molecule has 3 aromatic rings. The van der Waals surface area contributed by atoms with Crippen molar-refractivity contribution in [1.82, 2.24) is 9.97 Å². The molecule has 0 amide bonds. The molecule has 0 aliphatic carbocycles. The van der Waals surface area contributed by atoms with Crippen LogP contribution < -0.4 is 14.8 Å². The smallest absolute Gasteiger partial charge is 0.230 e. The molecule has 1 aromatic heterocycles. The summed E-state index contributed by atoms with van der Waals surface area (Å²) in [6.07, 6.45) is 1.40. The van der Waals surface area contributed by atoms with E-state index in [9.17, 15) is 4.39 Å². The van der Waals surface area contributed by atoms with E-state index >= 15 is 0 Å². The highest BCUT2D eigenvalue weighted by Crippen LogP contribution is 2.30. The van der Waals surface area contributed by atoms with Crippen LogP contribution in [0.4, 0.5) is 10.1 Å². The second-order valence-electron chi connectivity index (χ2n) is 4.56. The first-order chi connectivity index (χ1) is 10.7. The Kier molecular flexibility index (Phi) is 3.74. The molecule has 3 rings (SSSR count). The molecule has 0 aliphatic rings. The quantitative estimate of drug-likeness (QED) is 0.797. The minimum atomic E-state index is -0.389. The van der Waals surface area contributed by atoms with Gasteiger partial charge in [0.15, 0.2) is 0 Å². The van der Waals surface area contributed by atoms with E-state index in [4.69, 9.17) is 9.47 Å². The van der Waals surface area contributed by atoms with Crippen molar-refractivity contribution in [2.24, 2.45) is 0 Å². The zero-order valence-electron chi connectivity index (χ0n) is 12.1. The second kappa shape index (κ2) is 5.85. The van der Waals surface area contributed by atoms with Gasteiger partial charge in [-0.15, -0.1) is 0 Å². The van der Waals surface area contributed by atoms with Crippen LogP contribution in [0.1, 0.15) is 0 Å². The zero-order valence-corrected chi connectivity index (χ0v) is 12.1. The Hall–Kier alpha value is -2.89. The minimum absolute atomic E-state index is 0.365. The maximum Gasteiger partial charge on any atom is 0.230 e. The molecule has 0 radical (unpaired) electrons. The van der Waals surface area contributed by atoms with Crippen molar-refractivity contribution >= 4 is 16.6 Å². The maximum absolute atomic E-state index is 13.8. The van der Waals surface area contributed by atoms with Gasteiger partial charge in [-0.2, -0.15) is 0 Å². The van der Waals surface area contributed by atoms with Crippen molar-refractivity contribution in [2.45, 2.75) is 0 Å². The molecule has 1 N–H and O–H groups in total. The highest BCUT2D eigenvalue weighted by Gasteiger charge is 2.09. The molecule has 1 heterocycles. The number of aromatic nitrogens is 2. The van der Waals surface area contributed by atoms with E-state index in [1.807, 2.05) is 6.07 Å². The van der Waals surface area contributed by atoms with Crippen LogP contribution in [0.15, 0.2) is 42.7 Å². The lowest BCUT2D eigenvalue weighted by molar-refractivity contribution is 0.415. The van der Waals surface area contributed by atoms with Crippen molar-refractivity contribution in [2.75, 3.05) is 19.5 Å². The minimum Gasteiger partial charge on any atom is -0.497 e. The van der Waals surface area contributed by atoms with Gasteiger partial charge in [0.25, 0.3) is 0 Å². The fourth-order valence-corrected chi connectivity index (χ4v) is 2.09. The van der Waals surface area contributed by atoms with Crippen LogP contribution in [0.3, 0.4) is 0 Å². The number of benzene rings is 2. The molecular formula is C16H14FN3O2. The molecule has 0 fully saturated rings. The summed E-state index contributed by atoms with van der Waals surface area (Å²) in [5, 5.41) is 3.48. The third-order valence-corrected chi connectivity index (χ3v) is 3.23. The summed E-state index contributed by atoms with van der Waals surface area (Å²) in [6, 6.07) is 9.98. The SMILES string of the molecule is CNc1ccc(Oc2ncnc3cc(OC)ccc23)cc1F. The summed E-state index contributed by atoms with van der Waals surface area (Å²) in [6.45, 7) is 0. The van der Waals surface area contributed by atoms with Crippen molar-refractivity contribution < 1.29 is 13.9 Å². The van der Waals surface area contributed by atoms with Crippen molar-refractivity contribution in [3.63, 3.8) is 0 Å². The molecule has 22 heavy (non-hydrogen) atoms. The highest BCUT2D eigenvalue weighted by atomic mass is 19.1. The third kappa shape index (κ3) is 2.63. The summed E-state index contributed by atoms with van der Waals surface area (Å²) in [4.78, 5) is 8.30. The monoisotopic (exact) mass is 299 g/mol. The Balaban J connectivity index is 1.98. The van der Waals surface area contributed by atoms with Gasteiger partial charge in [0, 0.05) is 19.2 Å². The van der Waals surface area contributed by atoms with Crippen molar-refractivity contribution in [3.8, 4) is 17.4 Å². The summed E-state index contributed by atoms with van der Waals surface area (Å²) < 4.78 is 24.6. The van der Waals surface area contributed by atoms with E-state index in [2.05, 4.69) is 15.3 Å². The Morgan fingerprint density at radius 1 is 1.05 bits per heavy atom. The molecule has 0 atom stereocenters. The maximum atomic E-state index is 13.8. The lowest BCUT2D eigenvalue weighted by Crippen LogP contribution is -1.95. The third-order valence-electron chi connectivity index (χ3n) is 3.23. The van der Waals surface area contributed by atoms with Gasteiger partial charge in [-0.3, -0.25) is 0 Å². The molecule has 112 valence electrons. The van der Waals surface area contributed by atoms with Gasteiger partial charge in [0.1, 0.15) is 23.6 Å². The Bertz CT molecular complexity index is 824. The first-order valence-corrected chi connectivity index (χ1v) is 6.65. The van der Waals surface area contributed by atoms with E-state index in [1.165, 1.54) is 12.4 Å². The second-order valence-corrected chi connectivity index (χ2v) is 4.56. The van der Waals surface area contributed by atoms with E-state index < -0.39 is 0 Å². The number of fused-ring (bicyclic) bond motifs is 1. The molecule has 2 aromatic carbocycles. The van der Waals surface area contributed by atoms with E-state index in [1.54, 1.807) is 38.4 Å². The van der Waals surface area contributed by atoms with Crippen LogP contribution >= 0.6 is 0 Å².